The maximum atomic E-state index is 13.4. The maximum Gasteiger partial charge on any atom is 0.276 e. The predicted octanol–water partition coefficient (Wildman–Crippen LogP) is 3.44. The van der Waals surface area contributed by atoms with Crippen LogP contribution in [-0.2, 0) is 10.5 Å². The minimum absolute atomic E-state index is 0.262. The largest absolute Gasteiger partial charge is 0.496 e. The number of amides is 1. The highest BCUT2D eigenvalue weighted by Gasteiger charge is 2.37. The minimum Gasteiger partial charge on any atom is -0.496 e. The molecule has 1 amide bonds. The molecule has 0 saturated heterocycles. The van der Waals surface area contributed by atoms with Gasteiger partial charge in [0.2, 0.25) is 0 Å². The van der Waals surface area contributed by atoms with Crippen LogP contribution in [0.15, 0.2) is 70.8 Å². The average molecular weight is 523 g/mol. The molecule has 1 unspecified atom stereocenters. The summed E-state index contributed by atoms with van der Waals surface area (Å²) >= 11 is 7.42. The molecule has 5 rings (SSSR count). The third-order valence-electron chi connectivity index (χ3n) is 5.82. The van der Waals surface area contributed by atoms with Crippen LogP contribution in [0.2, 0.25) is 5.02 Å². The number of nitrogens with one attached hydrogen (secondary N) is 1. The van der Waals surface area contributed by atoms with Gasteiger partial charge in [0, 0.05) is 28.1 Å². The lowest BCUT2D eigenvalue weighted by Crippen LogP contribution is -2.50. The fraction of sp³-hybridized carbons (Fsp3) is 0.192. The molecule has 0 aliphatic carbocycles. The number of carbonyl (C=O) groups is 1. The second-order valence-corrected chi connectivity index (χ2v) is 9.33. The number of hydrogen-bond donors (Lipinski definition) is 1. The number of para-hydroxylation sites is 1. The molecular weight excluding hydrogens is 500 g/mol. The zero-order valence-electron chi connectivity index (χ0n) is 19.8. The van der Waals surface area contributed by atoms with Gasteiger partial charge < -0.3 is 14.2 Å². The summed E-state index contributed by atoms with van der Waals surface area (Å²) in [5.41, 5.74) is 2.09. The molecule has 2 aliphatic heterocycles. The molecule has 8 nitrogen and oxygen atoms in total. The van der Waals surface area contributed by atoms with Crippen molar-refractivity contribution in [2.75, 3.05) is 21.3 Å². The third kappa shape index (κ3) is 4.47. The summed E-state index contributed by atoms with van der Waals surface area (Å²) in [6, 6.07) is 18.6. The summed E-state index contributed by atoms with van der Waals surface area (Å²) in [6.07, 6.45) is -0.706. The van der Waals surface area contributed by atoms with Crippen molar-refractivity contribution in [2.45, 2.75) is 11.9 Å². The molecule has 3 aromatic carbocycles. The first-order chi connectivity index (χ1) is 17.5. The standard InChI is InChI=1S/C26H23ClN4O4S/c1-33-17-12-20(34-2)22(21(13-17)35-3)24-28-19-7-5-4-6-18(19)23-25(32)29-26(30-31(23)24)36-14-15-8-10-16(27)11-9-15/h4-13,24H,14H2,1-3H3,(H,29,30,32). The van der Waals surface area contributed by atoms with Crippen molar-refractivity contribution in [3.63, 3.8) is 0 Å². The second-order valence-electron chi connectivity index (χ2n) is 7.93. The normalized spacial score (nSPS) is 16.3. The summed E-state index contributed by atoms with van der Waals surface area (Å²) < 4.78 is 16.8. The number of rotatable bonds is 6. The third-order valence-corrected chi connectivity index (χ3v) is 7.00. The molecule has 3 aromatic rings. The van der Waals surface area contributed by atoms with Gasteiger partial charge in [-0.05, 0) is 23.8 Å². The Hall–Kier alpha value is -3.69. The number of thioether (sulfide) groups is 1. The number of amidine groups is 1. The number of hydrazone groups is 1. The fourth-order valence-electron chi connectivity index (χ4n) is 4.10. The van der Waals surface area contributed by atoms with Gasteiger partial charge in [0.25, 0.3) is 5.91 Å². The van der Waals surface area contributed by atoms with E-state index in [0.717, 1.165) is 5.56 Å². The van der Waals surface area contributed by atoms with E-state index in [4.69, 9.17) is 35.9 Å². The number of fused-ring (bicyclic) bond motifs is 2. The minimum atomic E-state index is -0.706. The summed E-state index contributed by atoms with van der Waals surface area (Å²) in [4.78, 5) is 18.4. The number of ether oxygens (including phenoxy) is 3. The molecule has 2 heterocycles. The molecule has 0 bridgehead atoms. The van der Waals surface area contributed by atoms with Crippen molar-refractivity contribution in [1.29, 1.82) is 0 Å². The van der Waals surface area contributed by atoms with Gasteiger partial charge in [0.1, 0.15) is 22.9 Å². The van der Waals surface area contributed by atoms with E-state index in [1.54, 1.807) is 38.5 Å². The van der Waals surface area contributed by atoms with E-state index in [1.165, 1.54) is 11.8 Å². The Kier molecular flexibility index (Phi) is 6.75. The summed E-state index contributed by atoms with van der Waals surface area (Å²) in [5.74, 6) is 1.94. The molecule has 10 heteroatoms. The van der Waals surface area contributed by atoms with Crippen LogP contribution in [-0.4, -0.2) is 37.4 Å². The van der Waals surface area contributed by atoms with Gasteiger partial charge in [-0.3, -0.25) is 15.1 Å². The van der Waals surface area contributed by atoms with Crippen LogP contribution in [0.3, 0.4) is 0 Å². The lowest BCUT2D eigenvalue weighted by molar-refractivity contribution is -0.116. The molecule has 0 radical (unpaired) electrons. The van der Waals surface area contributed by atoms with E-state index in [1.807, 2.05) is 48.5 Å². The van der Waals surface area contributed by atoms with Crippen LogP contribution in [0.25, 0.3) is 5.70 Å². The lowest BCUT2D eigenvalue weighted by Gasteiger charge is -2.35. The first-order valence-corrected chi connectivity index (χ1v) is 12.4. The summed E-state index contributed by atoms with van der Waals surface area (Å²) in [7, 11) is 4.71. The van der Waals surface area contributed by atoms with Gasteiger partial charge >= 0.3 is 0 Å². The van der Waals surface area contributed by atoms with Crippen molar-refractivity contribution in [3.8, 4) is 17.2 Å². The number of methoxy groups -OCH3 is 3. The van der Waals surface area contributed by atoms with Crippen molar-refractivity contribution < 1.29 is 19.0 Å². The van der Waals surface area contributed by atoms with Crippen LogP contribution < -0.4 is 30.1 Å². The molecule has 1 N–H and O–H groups in total. The Morgan fingerprint density at radius 1 is 1.00 bits per heavy atom. The van der Waals surface area contributed by atoms with Crippen molar-refractivity contribution in [3.05, 3.63) is 87.4 Å². The Labute approximate surface area is 217 Å². The smallest absolute Gasteiger partial charge is 0.276 e. The fourth-order valence-corrected chi connectivity index (χ4v) is 5.03. The Bertz CT molecular complexity index is 1450. The summed E-state index contributed by atoms with van der Waals surface area (Å²) in [6.45, 7) is 0. The van der Waals surface area contributed by atoms with E-state index in [0.29, 0.717) is 55.0 Å². The Morgan fingerprint density at radius 3 is 2.36 bits per heavy atom. The molecule has 0 fully saturated rings. The van der Waals surface area contributed by atoms with Crippen LogP contribution in [0, 0.1) is 0 Å². The van der Waals surface area contributed by atoms with Gasteiger partial charge in [-0.25, -0.2) is 5.01 Å². The maximum absolute atomic E-state index is 13.4. The first kappa shape index (κ1) is 24.0. The van der Waals surface area contributed by atoms with Crippen molar-refractivity contribution in [2.24, 2.45) is 10.1 Å². The monoisotopic (exact) mass is 522 g/mol. The van der Waals surface area contributed by atoms with Gasteiger partial charge in [-0.1, -0.05) is 53.7 Å². The van der Waals surface area contributed by atoms with E-state index in [9.17, 15) is 4.79 Å². The topological polar surface area (TPSA) is 84.8 Å². The van der Waals surface area contributed by atoms with Crippen LogP contribution >= 0.6 is 23.4 Å². The van der Waals surface area contributed by atoms with Gasteiger partial charge in [-0.15, -0.1) is 5.10 Å². The zero-order chi connectivity index (χ0) is 25.2. The van der Waals surface area contributed by atoms with Gasteiger partial charge in [-0.2, -0.15) is 0 Å². The van der Waals surface area contributed by atoms with Crippen LogP contribution in [0.5, 0.6) is 17.2 Å². The van der Waals surface area contributed by atoms with E-state index in [-0.39, 0.29) is 5.91 Å². The number of carbonyl (C=O) groups excluding carboxylic acids is 1. The molecule has 0 spiro atoms. The van der Waals surface area contributed by atoms with E-state index in [2.05, 4.69) is 5.32 Å². The first-order valence-electron chi connectivity index (χ1n) is 11.1. The molecule has 2 aliphatic rings. The molecule has 0 aromatic heterocycles. The highest BCUT2D eigenvalue weighted by atomic mass is 35.5. The molecule has 184 valence electrons. The van der Waals surface area contributed by atoms with Gasteiger partial charge in [0.15, 0.2) is 11.3 Å². The molecular formula is C26H23ClN4O4S. The van der Waals surface area contributed by atoms with Crippen molar-refractivity contribution >= 4 is 40.1 Å². The molecule has 0 saturated carbocycles. The molecule has 36 heavy (non-hydrogen) atoms. The highest BCUT2D eigenvalue weighted by molar-refractivity contribution is 8.13. The SMILES string of the molecule is COc1cc(OC)c(C2N=c3ccccc3=C3C(=O)NC(SCc4ccc(Cl)cc4)=NN32)c(OC)c1. The Morgan fingerprint density at radius 2 is 1.69 bits per heavy atom. The highest BCUT2D eigenvalue weighted by Crippen LogP contribution is 2.43. The Balaban J connectivity index is 1.63. The van der Waals surface area contributed by atoms with E-state index < -0.39 is 6.17 Å². The number of benzene rings is 3. The number of hydrogen-bond acceptors (Lipinski definition) is 8. The summed E-state index contributed by atoms with van der Waals surface area (Å²) in [5, 5.41) is 11.9. The number of nitrogens with zero attached hydrogens (tertiary/aromatic N) is 3. The predicted molar refractivity (Wildman–Crippen MR) is 140 cm³/mol. The van der Waals surface area contributed by atoms with Gasteiger partial charge in [0.05, 0.1) is 32.3 Å². The zero-order valence-corrected chi connectivity index (χ0v) is 21.4. The van der Waals surface area contributed by atoms with Crippen LogP contribution in [0.1, 0.15) is 17.3 Å². The molecule has 1 atom stereocenters. The quantitative estimate of drug-likeness (QED) is 0.534. The lowest BCUT2D eigenvalue weighted by atomic mass is 10.1. The average Bonchev–Trinajstić information content (AvgIpc) is 2.91. The number of halogens is 1. The second kappa shape index (κ2) is 10.1. The van der Waals surface area contributed by atoms with Crippen molar-refractivity contribution in [1.82, 2.24) is 10.3 Å². The van der Waals surface area contributed by atoms with E-state index >= 15 is 0 Å². The van der Waals surface area contributed by atoms with Crippen LogP contribution in [0.4, 0.5) is 0 Å².